The van der Waals surface area contributed by atoms with Crippen molar-refractivity contribution in [2.45, 2.75) is 6.92 Å². The lowest BCUT2D eigenvalue weighted by Crippen LogP contribution is -2.18. The predicted molar refractivity (Wildman–Crippen MR) is 98.9 cm³/mol. The maximum absolute atomic E-state index is 12.3. The Bertz CT molecular complexity index is 823. The minimum atomic E-state index is -0.448. The van der Waals surface area contributed by atoms with Crippen molar-refractivity contribution in [2.24, 2.45) is 5.10 Å². The minimum Gasteiger partial charge on any atom is -0.503 e. The van der Waals surface area contributed by atoms with Crippen LogP contribution in [0.25, 0.3) is 0 Å². The fourth-order valence-electron chi connectivity index (χ4n) is 2.15. The fraction of sp³-hybridized carbons (Fsp3) is 0.222. The molecule has 1 amide bonds. The average molecular weight is 379 g/mol. The molecule has 0 aliphatic rings. The molecule has 0 aromatic heterocycles. The molecule has 2 N–H and O–H groups in total. The number of hydrazone groups is 1. The van der Waals surface area contributed by atoms with Crippen molar-refractivity contribution in [3.8, 4) is 23.0 Å². The molecule has 0 spiro atoms. The zero-order chi connectivity index (χ0) is 19.1. The summed E-state index contributed by atoms with van der Waals surface area (Å²) in [5, 5.41) is 13.8. The first-order valence-electron chi connectivity index (χ1n) is 7.70. The highest BCUT2D eigenvalue weighted by molar-refractivity contribution is 6.32. The molecule has 138 valence electrons. The van der Waals surface area contributed by atoms with Crippen molar-refractivity contribution in [3.63, 3.8) is 0 Å². The number of halogens is 1. The number of carbonyl (C=O) groups excluding carboxylic acids is 1. The summed E-state index contributed by atoms with van der Waals surface area (Å²) in [6.07, 6.45) is 1.39. The summed E-state index contributed by atoms with van der Waals surface area (Å²) in [7, 11) is 2.99. The highest BCUT2D eigenvalue weighted by atomic mass is 35.5. The van der Waals surface area contributed by atoms with Gasteiger partial charge in [-0.3, -0.25) is 4.79 Å². The SMILES string of the molecule is CCOc1cc(/C=N\NC(=O)c2ccc(OC)cc2OC)cc(Cl)c1O. The van der Waals surface area contributed by atoms with Gasteiger partial charge in [0.1, 0.15) is 11.5 Å². The van der Waals surface area contributed by atoms with Gasteiger partial charge >= 0.3 is 0 Å². The van der Waals surface area contributed by atoms with Crippen LogP contribution in [0.5, 0.6) is 23.0 Å². The van der Waals surface area contributed by atoms with Gasteiger partial charge in [-0.15, -0.1) is 0 Å². The maximum atomic E-state index is 12.3. The molecule has 8 heteroatoms. The van der Waals surface area contributed by atoms with E-state index in [1.165, 1.54) is 26.5 Å². The average Bonchev–Trinajstić information content (AvgIpc) is 2.65. The van der Waals surface area contributed by atoms with Gasteiger partial charge in [-0.2, -0.15) is 5.10 Å². The minimum absolute atomic E-state index is 0.126. The van der Waals surface area contributed by atoms with Crippen molar-refractivity contribution in [1.29, 1.82) is 0 Å². The van der Waals surface area contributed by atoms with Gasteiger partial charge in [-0.05, 0) is 36.8 Å². The van der Waals surface area contributed by atoms with Crippen molar-refractivity contribution in [1.82, 2.24) is 5.43 Å². The molecule has 0 bridgehead atoms. The Labute approximate surface area is 156 Å². The Kier molecular flexibility index (Phi) is 6.68. The summed E-state index contributed by atoms with van der Waals surface area (Å²) >= 11 is 5.95. The summed E-state index contributed by atoms with van der Waals surface area (Å²) < 4.78 is 15.6. The smallest absolute Gasteiger partial charge is 0.275 e. The van der Waals surface area contributed by atoms with Gasteiger partial charge < -0.3 is 19.3 Å². The predicted octanol–water partition coefficient (Wildman–Crippen LogP) is 3.23. The Balaban J connectivity index is 2.14. The number of ether oxygens (including phenoxy) is 3. The zero-order valence-corrected chi connectivity index (χ0v) is 15.3. The Morgan fingerprint density at radius 3 is 2.65 bits per heavy atom. The lowest BCUT2D eigenvalue weighted by molar-refractivity contribution is 0.0952. The van der Waals surface area contributed by atoms with E-state index in [2.05, 4.69) is 10.5 Å². The number of rotatable bonds is 7. The highest BCUT2D eigenvalue weighted by Crippen LogP contribution is 2.34. The lowest BCUT2D eigenvalue weighted by atomic mass is 10.2. The second-order valence-electron chi connectivity index (χ2n) is 5.05. The van der Waals surface area contributed by atoms with E-state index in [0.717, 1.165) is 0 Å². The van der Waals surface area contributed by atoms with Gasteiger partial charge in [0.2, 0.25) is 0 Å². The Morgan fingerprint density at radius 2 is 2.00 bits per heavy atom. The molecule has 0 heterocycles. The monoisotopic (exact) mass is 378 g/mol. The van der Waals surface area contributed by atoms with E-state index in [1.54, 1.807) is 31.2 Å². The number of hydrogen-bond donors (Lipinski definition) is 2. The van der Waals surface area contributed by atoms with E-state index in [1.807, 2.05) is 0 Å². The molecule has 0 saturated carbocycles. The molecule has 0 fully saturated rings. The van der Waals surface area contributed by atoms with E-state index in [-0.39, 0.29) is 16.5 Å². The van der Waals surface area contributed by atoms with E-state index in [4.69, 9.17) is 25.8 Å². The topological polar surface area (TPSA) is 89.4 Å². The molecule has 2 aromatic rings. The van der Waals surface area contributed by atoms with Gasteiger partial charge in [-0.25, -0.2) is 5.43 Å². The van der Waals surface area contributed by atoms with Gasteiger partial charge in [0.25, 0.3) is 5.91 Å². The third kappa shape index (κ3) is 4.58. The number of carbonyl (C=O) groups is 1. The van der Waals surface area contributed by atoms with Crippen LogP contribution in [-0.2, 0) is 0 Å². The van der Waals surface area contributed by atoms with Crippen molar-refractivity contribution in [3.05, 3.63) is 46.5 Å². The molecule has 7 nitrogen and oxygen atoms in total. The molecule has 0 radical (unpaired) electrons. The van der Waals surface area contributed by atoms with Gasteiger partial charge in [-0.1, -0.05) is 11.6 Å². The molecule has 2 rings (SSSR count). The Morgan fingerprint density at radius 1 is 1.23 bits per heavy atom. The standard InChI is InChI=1S/C18H19ClN2O5/c1-4-26-16-8-11(7-14(19)17(16)22)10-20-21-18(23)13-6-5-12(24-2)9-15(13)25-3/h5-10,22H,4H2,1-3H3,(H,21,23)/b20-10-. The van der Waals surface area contributed by atoms with Gasteiger partial charge in [0.15, 0.2) is 11.5 Å². The summed E-state index contributed by atoms with van der Waals surface area (Å²) in [6, 6.07) is 7.90. The van der Waals surface area contributed by atoms with Crippen LogP contribution < -0.4 is 19.6 Å². The molecule has 0 unspecified atom stereocenters. The number of aromatic hydroxyl groups is 1. The summed E-state index contributed by atoms with van der Waals surface area (Å²) in [5.74, 6) is 0.588. The van der Waals surface area contributed by atoms with Crippen molar-refractivity contribution >= 4 is 23.7 Å². The van der Waals surface area contributed by atoms with Crippen LogP contribution in [0, 0.1) is 0 Å². The first kappa shape index (κ1) is 19.4. The van der Waals surface area contributed by atoms with Crippen LogP contribution in [-0.4, -0.2) is 38.1 Å². The van der Waals surface area contributed by atoms with E-state index in [0.29, 0.717) is 29.2 Å². The highest BCUT2D eigenvalue weighted by Gasteiger charge is 2.13. The fourth-order valence-corrected chi connectivity index (χ4v) is 2.36. The van der Waals surface area contributed by atoms with Crippen LogP contribution in [0.2, 0.25) is 5.02 Å². The number of amides is 1. The van der Waals surface area contributed by atoms with Crippen molar-refractivity contribution in [2.75, 3.05) is 20.8 Å². The first-order chi connectivity index (χ1) is 12.5. The van der Waals surface area contributed by atoms with Crippen LogP contribution in [0.3, 0.4) is 0 Å². The first-order valence-corrected chi connectivity index (χ1v) is 8.08. The third-order valence-electron chi connectivity index (χ3n) is 3.38. The largest absolute Gasteiger partial charge is 0.503 e. The molecule has 0 atom stereocenters. The lowest BCUT2D eigenvalue weighted by Gasteiger charge is -2.09. The Hall–Kier alpha value is -2.93. The van der Waals surface area contributed by atoms with E-state index < -0.39 is 5.91 Å². The second kappa shape index (κ2) is 8.96. The summed E-state index contributed by atoms with van der Waals surface area (Å²) in [5.41, 5.74) is 3.27. The van der Waals surface area contributed by atoms with E-state index >= 15 is 0 Å². The van der Waals surface area contributed by atoms with Crippen LogP contribution in [0.4, 0.5) is 0 Å². The molecular weight excluding hydrogens is 360 g/mol. The van der Waals surface area contributed by atoms with Crippen molar-refractivity contribution < 1.29 is 24.1 Å². The number of nitrogens with zero attached hydrogens (tertiary/aromatic N) is 1. The van der Waals surface area contributed by atoms with Crippen LogP contribution in [0.15, 0.2) is 35.4 Å². The van der Waals surface area contributed by atoms with Crippen LogP contribution >= 0.6 is 11.6 Å². The summed E-state index contributed by atoms with van der Waals surface area (Å²) in [4.78, 5) is 12.3. The molecule has 0 aliphatic carbocycles. The van der Waals surface area contributed by atoms with E-state index in [9.17, 15) is 9.90 Å². The number of phenolic OH excluding ortho intramolecular Hbond substituents is 1. The molecule has 0 aliphatic heterocycles. The van der Waals surface area contributed by atoms with Gasteiger partial charge in [0, 0.05) is 6.07 Å². The molecular formula is C18H19ClN2O5. The third-order valence-corrected chi connectivity index (χ3v) is 3.67. The molecule has 26 heavy (non-hydrogen) atoms. The maximum Gasteiger partial charge on any atom is 0.275 e. The molecule has 2 aromatic carbocycles. The van der Waals surface area contributed by atoms with Crippen LogP contribution in [0.1, 0.15) is 22.8 Å². The normalized spacial score (nSPS) is 10.6. The number of phenols is 1. The van der Waals surface area contributed by atoms with Gasteiger partial charge in [0.05, 0.1) is 37.6 Å². The number of benzene rings is 2. The quantitative estimate of drug-likeness (QED) is 0.570. The number of nitrogens with one attached hydrogen (secondary N) is 1. The number of methoxy groups -OCH3 is 2. The summed E-state index contributed by atoms with van der Waals surface area (Å²) in [6.45, 7) is 2.16. The number of hydrogen-bond acceptors (Lipinski definition) is 6. The second-order valence-corrected chi connectivity index (χ2v) is 5.46. The molecule has 0 saturated heterocycles. The zero-order valence-electron chi connectivity index (χ0n) is 14.6.